The Kier molecular flexibility index (Phi) is 4.78. The lowest BCUT2D eigenvalue weighted by molar-refractivity contribution is 0.0300. The first kappa shape index (κ1) is 18.8. The van der Waals surface area contributed by atoms with Crippen LogP contribution in [0.1, 0.15) is 50.5 Å². The normalized spacial score (nSPS) is 20.3. The predicted octanol–water partition coefficient (Wildman–Crippen LogP) is 3.68. The van der Waals surface area contributed by atoms with Crippen molar-refractivity contribution in [2.75, 3.05) is 32.9 Å². The van der Waals surface area contributed by atoms with Gasteiger partial charge in [0, 0.05) is 24.1 Å². The number of hydrogen-bond donors (Lipinski definition) is 1. The number of aromatic hydroxyl groups is 1. The zero-order chi connectivity index (χ0) is 19.1. The third-order valence-electron chi connectivity index (χ3n) is 5.03. The van der Waals surface area contributed by atoms with E-state index in [1.165, 1.54) is 5.57 Å². The Morgan fingerprint density at radius 1 is 1.19 bits per heavy atom. The third-order valence-corrected chi connectivity index (χ3v) is 5.03. The first-order chi connectivity index (χ1) is 12.1. The van der Waals surface area contributed by atoms with E-state index in [9.17, 15) is 9.90 Å². The van der Waals surface area contributed by atoms with Crippen LogP contribution < -0.4 is 0 Å². The van der Waals surface area contributed by atoms with E-state index in [2.05, 4.69) is 34.6 Å². The lowest BCUT2D eigenvalue weighted by Crippen LogP contribution is -2.41. The lowest BCUT2D eigenvalue weighted by Gasteiger charge is -2.31. The van der Waals surface area contributed by atoms with Crippen LogP contribution in [0.15, 0.2) is 23.8 Å². The van der Waals surface area contributed by atoms with Gasteiger partial charge in [0.2, 0.25) is 0 Å². The summed E-state index contributed by atoms with van der Waals surface area (Å²) in [6, 6.07) is 5.20. The summed E-state index contributed by atoms with van der Waals surface area (Å²) >= 11 is 0. The molecule has 3 rings (SSSR count). The highest BCUT2D eigenvalue weighted by molar-refractivity contribution is 6.01. The molecule has 5 nitrogen and oxygen atoms in total. The van der Waals surface area contributed by atoms with E-state index < -0.39 is 0 Å². The van der Waals surface area contributed by atoms with E-state index in [1.54, 1.807) is 17.0 Å². The largest absolute Gasteiger partial charge is 0.507 e. The number of phenols is 1. The molecule has 26 heavy (non-hydrogen) atoms. The number of morpholine rings is 1. The summed E-state index contributed by atoms with van der Waals surface area (Å²) < 4.78 is 11.4. The Morgan fingerprint density at radius 3 is 2.46 bits per heavy atom. The Labute approximate surface area is 155 Å². The zero-order valence-electron chi connectivity index (χ0n) is 16.4. The van der Waals surface area contributed by atoms with Crippen LogP contribution in [0.3, 0.4) is 0 Å². The molecule has 1 N–H and O–H groups in total. The summed E-state index contributed by atoms with van der Waals surface area (Å²) in [6.07, 6.45) is 0. The standard InChI is InChI=1S/C21H29NO4/c1-20(2,3)18-17(26-13-21(18,4)5)14-7-6-8-15(23)16(14)19(24)22-9-11-25-12-10-22/h6-8,23H,9-13H2,1-5H3. The van der Waals surface area contributed by atoms with Gasteiger partial charge in [-0.3, -0.25) is 4.79 Å². The van der Waals surface area contributed by atoms with Gasteiger partial charge in [0.15, 0.2) is 0 Å². The fourth-order valence-electron chi connectivity index (χ4n) is 4.15. The molecule has 1 fully saturated rings. The minimum Gasteiger partial charge on any atom is -0.507 e. The van der Waals surface area contributed by atoms with Gasteiger partial charge < -0.3 is 19.5 Å². The fraction of sp³-hybridized carbons (Fsp3) is 0.571. The van der Waals surface area contributed by atoms with Gasteiger partial charge in [-0.15, -0.1) is 0 Å². The minimum atomic E-state index is -0.171. The Hall–Kier alpha value is -2.01. The molecule has 1 aromatic carbocycles. The molecule has 1 saturated heterocycles. The molecule has 0 unspecified atom stereocenters. The molecule has 0 radical (unpaired) electrons. The second-order valence-corrected chi connectivity index (χ2v) is 8.73. The summed E-state index contributed by atoms with van der Waals surface area (Å²) in [4.78, 5) is 14.9. The highest BCUT2D eigenvalue weighted by atomic mass is 16.5. The molecule has 0 aliphatic carbocycles. The molecule has 0 bridgehead atoms. The lowest BCUT2D eigenvalue weighted by atomic mass is 9.71. The Bertz CT molecular complexity index is 737. The first-order valence-electron chi connectivity index (χ1n) is 9.20. The molecule has 2 aliphatic rings. The number of amides is 1. The quantitative estimate of drug-likeness (QED) is 0.875. The molecule has 2 aliphatic heterocycles. The summed E-state index contributed by atoms with van der Waals surface area (Å²) in [7, 11) is 0. The van der Waals surface area contributed by atoms with Crippen LogP contribution in [-0.2, 0) is 9.47 Å². The van der Waals surface area contributed by atoms with Gasteiger partial charge in [-0.1, -0.05) is 46.8 Å². The van der Waals surface area contributed by atoms with Crippen molar-refractivity contribution in [3.63, 3.8) is 0 Å². The van der Waals surface area contributed by atoms with Gasteiger partial charge >= 0.3 is 0 Å². The van der Waals surface area contributed by atoms with Crippen molar-refractivity contribution in [2.24, 2.45) is 10.8 Å². The Balaban J connectivity index is 2.14. The second-order valence-electron chi connectivity index (χ2n) is 8.73. The van der Waals surface area contributed by atoms with Gasteiger partial charge in [0.05, 0.1) is 25.4 Å². The molecule has 0 saturated carbocycles. The van der Waals surface area contributed by atoms with Crippen LogP contribution >= 0.6 is 0 Å². The molecule has 0 aromatic heterocycles. The average Bonchev–Trinajstić information content (AvgIpc) is 2.90. The van der Waals surface area contributed by atoms with Gasteiger partial charge in [0.1, 0.15) is 11.5 Å². The van der Waals surface area contributed by atoms with E-state index in [4.69, 9.17) is 9.47 Å². The van der Waals surface area contributed by atoms with E-state index in [1.807, 2.05) is 6.07 Å². The van der Waals surface area contributed by atoms with Crippen LogP contribution in [0.2, 0.25) is 0 Å². The number of benzene rings is 1. The molecule has 0 spiro atoms. The van der Waals surface area contributed by atoms with Gasteiger partial charge in [-0.05, 0) is 17.1 Å². The highest BCUT2D eigenvalue weighted by Gasteiger charge is 2.42. The average molecular weight is 359 g/mol. The number of rotatable bonds is 2. The van der Waals surface area contributed by atoms with Crippen molar-refractivity contribution < 1.29 is 19.4 Å². The van der Waals surface area contributed by atoms with E-state index >= 15 is 0 Å². The maximum Gasteiger partial charge on any atom is 0.258 e. The molecule has 0 atom stereocenters. The van der Waals surface area contributed by atoms with Gasteiger partial charge in [0.25, 0.3) is 5.91 Å². The van der Waals surface area contributed by atoms with Crippen molar-refractivity contribution in [2.45, 2.75) is 34.6 Å². The SMILES string of the molecule is CC(C)(C)C1=C(c2cccc(O)c2C(=O)N2CCOCC2)OCC1(C)C. The number of carbonyl (C=O) groups is 1. The van der Waals surface area contributed by atoms with Crippen molar-refractivity contribution in [3.05, 3.63) is 34.9 Å². The summed E-state index contributed by atoms with van der Waals surface area (Å²) in [6.45, 7) is 13.5. The van der Waals surface area contributed by atoms with E-state index in [0.717, 1.165) is 5.76 Å². The number of phenolic OH excluding ortho intramolecular Hbond substituents is 1. The highest BCUT2D eigenvalue weighted by Crippen LogP contribution is 2.50. The second kappa shape index (κ2) is 6.62. The van der Waals surface area contributed by atoms with Gasteiger partial charge in [-0.2, -0.15) is 0 Å². The van der Waals surface area contributed by atoms with Crippen LogP contribution in [0.5, 0.6) is 5.75 Å². The predicted molar refractivity (Wildman–Crippen MR) is 101 cm³/mol. The topological polar surface area (TPSA) is 59.0 Å². The van der Waals surface area contributed by atoms with Crippen LogP contribution in [0, 0.1) is 10.8 Å². The molecule has 2 heterocycles. The molecule has 142 valence electrons. The molecule has 5 heteroatoms. The van der Waals surface area contributed by atoms with Gasteiger partial charge in [-0.25, -0.2) is 0 Å². The fourth-order valence-corrected chi connectivity index (χ4v) is 4.15. The maximum absolute atomic E-state index is 13.1. The summed E-state index contributed by atoms with van der Waals surface area (Å²) in [5.41, 5.74) is 1.94. The van der Waals surface area contributed by atoms with E-state index in [-0.39, 0.29) is 22.5 Å². The Morgan fingerprint density at radius 2 is 1.85 bits per heavy atom. The van der Waals surface area contributed by atoms with Crippen LogP contribution in [-0.4, -0.2) is 48.8 Å². The third kappa shape index (κ3) is 3.32. The summed E-state index contributed by atoms with van der Waals surface area (Å²) in [5.74, 6) is 0.554. The van der Waals surface area contributed by atoms with Crippen molar-refractivity contribution in [1.82, 2.24) is 4.90 Å². The number of nitrogens with zero attached hydrogens (tertiary/aromatic N) is 1. The minimum absolute atomic E-state index is 0.00643. The smallest absolute Gasteiger partial charge is 0.258 e. The van der Waals surface area contributed by atoms with Crippen molar-refractivity contribution in [3.8, 4) is 5.75 Å². The monoisotopic (exact) mass is 359 g/mol. The summed E-state index contributed by atoms with van der Waals surface area (Å²) in [5, 5.41) is 10.5. The zero-order valence-corrected chi connectivity index (χ0v) is 16.4. The van der Waals surface area contributed by atoms with Crippen LogP contribution in [0.25, 0.3) is 5.76 Å². The van der Waals surface area contributed by atoms with Crippen molar-refractivity contribution in [1.29, 1.82) is 0 Å². The van der Waals surface area contributed by atoms with E-state index in [0.29, 0.717) is 44.0 Å². The molecular formula is C21H29NO4. The van der Waals surface area contributed by atoms with Crippen LogP contribution in [0.4, 0.5) is 0 Å². The number of carbonyl (C=O) groups excluding carboxylic acids is 1. The maximum atomic E-state index is 13.1. The number of ether oxygens (including phenoxy) is 2. The first-order valence-corrected chi connectivity index (χ1v) is 9.20. The molecule has 1 amide bonds. The number of hydrogen-bond acceptors (Lipinski definition) is 4. The molecular weight excluding hydrogens is 330 g/mol. The molecule has 1 aromatic rings. The van der Waals surface area contributed by atoms with Crippen molar-refractivity contribution >= 4 is 11.7 Å².